The summed E-state index contributed by atoms with van der Waals surface area (Å²) in [6, 6.07) is 10.2. The summed E-state index contributed by atoms with van der Waals surface area (Å²) in [6.45, 7) is 3.32. The van der Waals surface area contributed by atoms with Crippen LogP contribution >= 0.6 is 0 Å². The SMILES string of the molecule is CCS(=O)(=O)Nc1ccc(-c2[nH]nc(Nc3cnccn3)c2C(N)=O)cc1OC(C)c1ccccn1. The highest BCUT2D eigenvalue weighted by Crippen LogP contribution is 2.36. The molecule has 0 aliphatic heterocycles. The number of carbonyl (C=O) groups is 1. The Morgan fingerprint density at radius 1 is 1.17 bits per heavy atom. The second kappa shape index (κ2) is 10.4. The third-order valence-electron chi connectivity index (χ3n) is 5.15. The lowest BCUT2D eigenvalue weighted by Gasteiger charge is -2.19. The molecule has 3 aromatic heterocycles. The second-order valence-electron chi connectivity index (χ2n) is 7.63. The highest BCUT2D eigenvalue weighted by atomic mass is 32.2. The summed E-state index contributed by atoms with van der Waals surface area (Å²) in [5.74, 6) is -0.0802. The fourth-order valence-electron chi connectivity index (χ4n) is 3.33. The van der Waals surface area contributed by atoms with E-state index in [1.165, 1.54) is 25.5 Å². The molecule has 1 amide bonds. The lowest BCUT2D eigenvalue weighted by Crippen LogP contribution is -2.16. The molecule has 1 atom stereocenters. The number of amides is 1. The molecule has 36 heavy (non-hydrogen) atoms. The fraction of sp³-hybridized carbons (Fsp3) is 0.174. The van der Waals surface area contributed by atoms with Crippen molar-refractivity contribution in [2.24, 2.45) is 5.73 Å². The maximum absolute atomic E-state index is 12.4. The quantitative estimate of drug-likeness (QED) is 0.250. The number of ether oxygens (including phenoxy) is 1. The van der Waals surface area contributed by atoms with Crippen molar-refractivity contribution in [1.29, 1.82) is 0 Å². The van der Waals surface area contributed by atoms with Crippen LogP contribution in [-0.4, -0.2) is 45.2 Å². The Morgan fingerprint density at radius 2 is 2.00 bits per heavy atom. The van der Waals surface area contributed by atoms with E-state index in [-0.39, 0.29) is 28.6 Å². The summed E-state index contributed by atoms with van der Waals surface area (Å²) in [5, 5.41) is 9.91. The molecule has 0 saturated carbocycles. The molecular weight excluding hydrogens is 484 g/mol. The number of nitrogens with one attached hydrogen (secondary N) is 3. The summed E-state index contributed by atoms with van der Waals surface area (Å²) >= 11 is 0. The van der Waals surface area contributed by atoms with Crippen molar-refractivity contribution in [3.63, 3.8) is 0 Å². The Morgan fingerprint density at radius 3 is 2.67 bits per heavy atom. The monoisotopic (exact) mass is 508 g/mol. The van der Waals surface area contributed by atoms with E-state index in [4.69, 9.17) is 10.5 Å². The number of hydrogen-bond acceptors (Lipinski definition) is 9. The van der Waals surface area contributed by atoms with Crippen molar-refractivity contribution in [2.75, 3.05) is 15.8 Å². The van der Waals surface area contributed by atoms with Gasteiger partial charge in [-0.05, 0) is 38.1 Å². The molecular formula is C23H24N8O4S. The van der Waals surface area contributed by atoms with Crippen molar-refractivity contribution >= 4 is 33.3 Å². The summed E-state index contributed by atoms with van der Waals surface area (Å²) < 4.78 is 33.2. The van der Waals surface area contributed by atoms with E-state index in [9.17, 15) is 13.2 Å². The molecule has 0 bridgehead atoms. The third-order valence-corrected chi connectivity index (χ3v) is 6.44. The maximum Gasteiger partial charge on any atom is 0.254 e. The van der Waals surface area contributed by atoms with Gasteiger partial charge < -0.3 is 15.8 Å². The molecule has 5 N–H and O–H groups in total. The number of sulfonamides is 1. The summed E-state index contributed by atoms with van der Waals surface area (Å²) in [7, 11) is -3.59. The van der Waals surface area contributed by atoms with Gasteiger partial charge in [0.2, 0.25) is 10.0 Å². The van der Waals surface area contributed by atoms with Gasteiger partial charge in [-0.25, -0.2) is 13.4 Å². The van der Waals surface area contributed by atoms with Crippen molar-refractivity contribution in [3.05, 3.63) is 72.4 Å². The number of rotatable bonds is 10. The molecule has 12 nitrogen and oxygen atoms in total. The minimum Gasteiger partial charge on any atom is -0.482 e. The zero-order valence-corrected chi connectivity index (χ0v) is 20.3. The number of aromatic amines is 1. The van der Waals surface area contributed by atoms with E-state index in [1.807, 2.05) is 6.07 Å². The first-order valence-electron chi connectivity index (χ1n) is 10.9. The molecule has 0 saturated heterocycles. The van der Waals surface area contributed by atoms with Crippen molar-refractivity contribution in [1.82, 2.24) is 25.1 Å². The number of carbonyl (C=O) groups excluding carboxylic acids is 1. The number of pyridine rings is 1. The van der Waals surface area contributed by atoms with Gasteiger partial charge in [-0.2, -0.15) is 5.10 Å². The number of nitrogens with zero attached hydrogens (tertiary/aromatic N) is 4. The van der Waals surface area contributed by atoms with Gasteiger partial charge in [0.15, 0.2) is 5.82 Å². The molecule has 1 aromatic carbocycles. The van der Waals surface area contributed by atoms with Crippen molar-refractivity contribution < 1.29 is 17.9 Å². The Kier molecular flexibility index (Phi) is 7.10. The predicted octanol–water partition coefficient (Wildman–Crippen LogP) is 3.01. The van der Waals surface area contributed by atoms with Gasteiger partial charge in [0.1, 0.15) is 23.2 Å². The largest absolute Gasteiger partial charge is 0.482 e. The summed E-state index contributed by atoms with van der Waals surface area (Å²) in [4.78, 5) is 24.7. The lowest BCUT2D eigenvalue weighted by atomic mass is 10.1. The van der Waals surface area contributed by atoms with E-state index < -0.39 is 22.0 Å². The Balaban J connectivity index is 1.75. The smallest absolute Gasteiger partial charge is 0.254 e. The van der Waals surface area contributed by atoms with Gasteiger partial charge in [0.25, 0.3) is 5.91 Å². The minimum absolute atomic E-state index is 0.0891. The fourth-order valence-corrected chi connectivity index (χ4v) is 3.98. The van der Waals surface area contributed by atoms with Gasteiger partial charge in [0.05, 0.1) is 29.0 Å². The number of hydrogen-bond donors (Lipinski definition) is 4. The van der Waals surface area contributed by atoms with Crippen LogP contribution in [0.3, 0.4) is 0 Å². The molecule has 0 aliphatic carbocycles. The zero-order chi connectivity index (χ0) is 25.7. The van der Waals surface area contributed by atoms with E-state index >= 15 is 0 Å². The molecule has 186 valence electrons. The first-order valence-corrected chi connectivity index (χ1v) is 12.6. The molecule has 13 heteroatoms. The molecule has 3 heterocycles. The van der Waals surface area contributed by atoms with Gasteiger partial charge in [0, 0.05) is 24.2 Å². The predicted molar refractivity (Wildman–Crippen MR) is 134 cm³/mol. The highest BCUT2D eigenvalue weighted by molar-refractivity contribution is 7.92. The number of benzene rings is 1. The highest BCUT2D eigenvalue weighted by Gasteiger charge is 2.22. The van der Waals surface area contributed by atoms with Crippen LogP contribution in [0.4, 0.5) is 17.3 Å². The molecule has 4 rings (SSSR count). The standard InChI is InChI=1S/C23H24N8O4S/c1-3-36(33,34)31-17-8-7-15(12-18(17)35-14(2)16-6-4-5-9-26-16)21-20(22(24)32)23(30-29-21)28-19-13-25-10-11-27-19/h4-14,31H,3H2,1-2H3,(H2,24,32)(H2,27,28,29,30). The number of H-pyrrole nitrogens is 1. The number of anilines is 3. The van der Waals surface area contributed by atoms with Crippen LogP contribution in [0.15, 0.2) is 61.2 Å². The summed E-state index contributed by atoms with van der Waals surface area (Å²) in [5.41, 5.74) is 7.46. The Labute approximate surface area is 207 Å². The van der Waals surface area contributed by atoms with Gasteiger partial charge in [-0.3, -0.25) is 24.6 Å². The Hall–Kier alpha value is -4.52. The van der Waals surface area contributed by atoms with Crippen LogP contribution < -0.4 is 20.5 Å². The van der Waals surface area contributed by atoms with Crippen molar-refractivity contribution in [2.45, 2.75) is 20.0 Å². The first kappa shape index (κ1) is 24.6. The molecule has 0 aliphatic rings. The van der Waals surface area contributed by atoms with Gasteiger partial charge in [-0.1, -0.05) is 12.1 Å². The van der Waals surface area contributed by atoms with Gasteiger partial charge in [-0.15, -0.1) is 0 Å². The average molecular weight is 509 g/mol. The molecule has 0 spiro atoms. The molecule has 0 fully saturated rings. The minimum atomic E-state index is -3.59. The maximum atomic E-state index is 12.4. The van der Waals surface area contributed by atoms with Crippen LogP contribution in [0.5, 0.6) is 5.75 Å². The zero-order valence-electron chi connectivity index (χ0n) is 19.5. The van der Waals surface area contributed by atoms with Crippen LogP contribution in [0, 0.1) is 0 Å². The normalized spacial score (nSPS) is 12.1. The third kappa shape index (κ3) is 5.58. The summed E-state index contributed by atoms with van der Waals surface area (Å²) in [6.07, 6.45) is 5.61. The number of nitrogens with two attached hydrogens (primary N) is 1. The number of primary amides is 1. The molecule has 4 aromatic rings. The van der Waals surface area contributed by atoms with E-state index in [1.54, 1.807) is 43.5 Å². The van der Waals surface area contributed by atoms with Crippen LogP contribution in [0.25, 0.3) is 11.3 Å². The first-order chi connectivity index (χ1) is 17.3. The van der Waals surface area contributed by atoms with E-state index in [0.29, 0.717) is 22.8 Å². The van der Waals surface area contributed by atoms with Crippen LogP contribution in [0.1, 0.15) is 36.0 Å². The van der Waals surface area contributed by atoms with Crippen LogP contribution in [-0.2, 0) is 10.0 Å². The number of aromatic nitrogens is 5. The lowest BCUT2D eigenvalue weighted by molar-refractivity contribution is 0.100. The van der Waals surface area contributed by atoms with Crippen molar-refractivity contribution in [3.8, 4) is 17.0 Å². The average Bonchev–Trinajstić information content (AvgIpc) is 3.30. The molecule has 0 radical (unpaired) electrons. The molecule has 1 unspecified atom stereocenters. The second-order valence-corrected chi connectivity index (χ2v) is 9.64. The van der Waals surface area contributed by atoms with Crippen LogP contribution in [0.2, 0.25) is 0 Å². The van der Waals surface area contributed by atoms with E-state index in [0.717, 1.165) is 0 Å². The van der Waals surface area contributed by atoms with E-state index in [2.05, 4.69) is 35.2 Å². The Bertz CT molecular complexity index is 1460. The topological polar surface area (TPSA) is 178 Å². The van der Waals surface area contributed by atoms with Gasteiger partial charge >= 0.3 is 0 Å².